The molecule has 1 amide bonds. The first kappa shape index (κ1) is 16.5. The molecule has 0 spiro atoms. The Kier molecular flexibility index (Phi) is 4.53. The summed E-state index contributed by atoms with van der Waals surface area (Å²) in [4.78, 5) is 12.9. The van der Waals surface area contributed by atoms with Crippen LogP contribution in [0.25, 0.3) is 0 Å². The van der Waals surface area contributed by atoms with Gasteiger partial charge in [0.15, 0.2) is 0 Å². The molecule has 4 rings (SSSR count). The molecule has 2 aromatic heterocycles. The van der Waals surface area contributed by atoms with E-state index in [1.807, 2.05) is 60.5 Å². The summed E-state index contributed by atoms with van der Waals surface area (Å²) in [5.74, 6) is 0.739. The fraction of sp³-hybridized carbons (Fsp3) is 0.316. The number of aromatic nitrogens is 4. The van der Waals surface area contributed by atoms with Gasteiger partial charge in [-0.1, -0.05) is 30.3 Å². The standard InChI is InChI=1S/C19H22N6O/c1-24-13-15(9-22-24)16-10-20-11-17(16)19(26)23-18-7-8-21-25(18)12-14-5-3-2-4-6-14/h2-9,13,16-17,20H,10-12H2,1H3,(H,23,26)/t16-,17+/m1/s1. The number of hydrogen-bond acceptors (Lipinski definition) is 4. The molecular weight excluding hydrogens is 328 g/mol. The highest BCUT2D eigenvalue weighted by Gasteiger charge is 2.35. The van der Waals surface area contributed by atoms with Crippen LogP contribution >= 0.6 is 0 Å². The van der Waals surface area contributed by atoms with Gasteiger partial charge in [-0.15, -0.1) is 0 Å². The van der Waals surface area contributed by atoms with Crippen LogP contribution in [0.3, 0.4) is 0 Å². The third-order valence-electron chi connectivity index (χ3n) is 4.85. The minimum absolute atomic E-state index is 0.0127. The fourth-order valence-electron chi connectivity index (χ4n) is 3.48. The molecule has 1 aromatic carbocycles. The number of anilines is 1. The number of nitrogens with zero attached hydrogens (tertiary/aromatic N) is 4. The van der Waals surface area contributed by atoms with Crippen molar-refractivity contribution >= 4 is 11.7 Å². The maximum absolute atomic E-state index is 12.9. The summed E-state index contributed by atoms with van der Waals surface area (Å²) < 4.78 is 3.59. The van der Waals surface area contributed by atoms with Crippen molar-refractivity contribution < 1.29 is 4.79 Å². The molecule has 3 heterocycles. The molecule has 1 saturated heterocycles. The minimum Gasteiger partial charge on any atom is -0.315 e. The van der Waals surface area contributed by atoms with E-state index in [4.69, 9.17) is 0 Å². The van der Waals surface area contributed by atoms with Crippen LogP contribution in [0.1, 0.15) is 17.0 Å². The van der Waals surface area contributed by atoms with Crippen molar-refractivity contribution in [3.63, 3.8) is 0 Å². The number of nitrogens with one attached hydrogen (secondary N) is 2. The normalized spacial score (nSPS) is 19.6. The number of aryl methyl sites for hydroxylation is 1. The van der Waals surface area contributed by atoms with Crippen molar-refractivity contribution in [1.29, 1.82) is 0 Å². The Morgan fingerprint density at radius 3 is 2.85 bits per heavy atom. The van der Waals surface area contributed by atoms with Crippen LogP contribution in [0, 0.1) is 5.92 Å². The molecule has 2 N–H and O–H groups in total. The Bertz CT molecular complexity index is 884. The molecule has 0 radical (unpaired) electrons. The second-order valence-corrected chi connectivity index (χ2v) is 6.67. The van der Waals surface area contributed by atoms with Crippen LogP contribution in [0.5, 0.6) is 0 Å². The van der Waals surface area contributed by atoms with Crippen LogP contribution in [-0.2, 0) is 18.4 Å². The van der Waals surface area contributed by atoms with E-state index in [0.717, 1.165) is 23.5 Å². The second kappa shape index (κ2) is 7.13. The van der Waals surface area contributed by atoms with Gasteiger partial charge >= 0.3 is 0 Å². The van der Waals surface area contributed by atoms with Crippen LogP contribution in [0.4, 0.5) is 5.82 Å². The van der Waals surface area contributed by atoms with E-state index in [-0.39, 0.29) is 17.7 Å². The van der Waals surface area contributed by atoms with E-state index in [1.165, 1.54) is 0 Å². The minimum atomic E-state index is -0.126. The Morgan fingerprint density at radius 1 is 1.23 bits per heavy atom. The van der Waals surface area contributed by atoms with Crippen LogP contribution in [0.2, 0.25) is 0 Å². The maximum atomic E-state index is 12.9. The molecule has 0 saturated carbocycles. The molecule has 1 aliphatic rings. The molecule has 1 aliphatic heterocycles. The molecule has 7 nitrogen and oxygen atoms in total. The van der Waals surface area contributed by atoms with E-state index in [1.54, 1.807) is 10.9 Å². The van der Waals surface area contributed by atoms with Gasteiger partial charge < -0.3 is 10.6 Å². The van der Waals surface area contributed by atoms with Gasteiger partial charge in [-0.3, -0.25) is 9.48 Å². The van der Waals surface area contributed by atoms with Gasteiger partial charge in [0, 0.05) is 38.3 Å². The van der Waals surface area contributed by atoms with Gasteiger partial charge in [-0.05, 0) is 11.1 Å². The summed E-state index contributed by atoms with van der Waals surface area (Å²) in [5, 5.41) is 15.0. The first-order valence-electron chi connectivity index (χ1n) is 8.76. The lowest BCUT2D eigenvalue weighted by Crippen LogP contribution is -2.29. The number of carbonyl (C=O) groups is 1. The summed E-state index contributed by atoms with van der Waals surface area (Å²) in [6.45, 7) is 2.07. The van der Waals surface area contributed by atoms with Crippen molar-refractivity contribution in [2.45, 2.75) is 12.5 Å². The van der Waals surface area contributed by atoms with E-state index in [9.17, 15) is 4.79 Å². The molecule has 0 bridgehead atoms. The number of carbonyl (C=O) groups excluding carboxylic acids is 1. The second-order valence-electron chi connectivity index (χ2n) is 6.67. The van der Waals surface area contributed by atoms with Crippen molar-refractivity contribution in [2.24, 2.45) is 13.0 Å². The first-order valence-corrected chi connectivity index (χ1v) is 8.76. The van der Waals surface area contributed by atoms with Gasteiger partial charge in [0.25, 0.3) is 0 Å². The highest BCUT2D eigenvalue weighted by atomic mass is 16.2. The highest BCUT2D eigenvalue weighted by molar-refractivity contribution is 5.92. The van der Waals surface area contributed by atoms with Crippen molar-refractivity contribution in [1.82, 2.24) is 24.9 Å². The zero-order valence-corrected chi connectivity index (χ0v) is 14.7. The Hall–Kier alpha value is -2.93. The molecule has 1 fully saturated rings. The first-order chi connectivity index (χ1) is 12.7. The molecule has 0 unspecified atom stereocenters. The topological polar surface area (TPSA) is 76.8 Å². The molecule has 7 heteroatoms. The monoisotopic (exact) mass is 350 g/mol. The predicted molar refractivity (Wildman–Crippen MR) is 98.7 cm³/mol. The van der Waals surface area contributed by atoms with Gasteiger partial charge in [0.05, 0.1) is 24.9 Å². The summed E-state index contributed by atoms with van der Waals surface area (Å²) in [7, 11) is 1.89. The predicted octanol–water partition coefficient (Wildman–Crippen LogP) is 1.61. The fourth-order valence-corrected chi connectivity index (χ4v) is 3.48. The zero-order chi connectivity index (χ0) is 17.9. The molecule has 3 aromatic rings. The van der Waals surface area contributed by atoms with Gasteiger partial charge in [-0.2, -0.15) is 10.2 Å². The lowest BCUT2D eigenvalue weighted by molar-refractivity contribution is -0.119. The summed E-state index contributed by atoms with van der Waals surface area (Å²) in [6.07, 6.45) is 5.54. The largest absolute Gasteiger partial charge is 0.315 e. The van der Waals surface area contributed by atoms with Crippen molar-refractivity contribution in [3.05, 3.63) is 66.1 Å². The average molecular weight is 350 g/mol. The highest BCUT2D eigenvalue weighted by Crippen LogP contribution is 2.28. The van der Waals surface area contributed by atoms with Crippen molar-refractivity contribution in [3.8, 4) is 0 Å². The van der Waals surface area contributed by atoms with E-state index < -0.39 is 0 Å². The zero-order valence-electron chi connectivity index (χ0n) is 14.7. The van der Waals surface area contributed by atoms with Gasteiger partial charge in [0.2, 0.25) is 5.91 Å². The molecule has 134 valence electrons. The molecule has 0 aliphatic carbocycles. The summed E-state index contributed by atoms with van der Waals surface area (Å²) >= 11 is 0. The number of amides is 1. The summed E-state index contributed by atoms with van der Waals surface area (Å²) in [6, 6.07) is 11.9. The smallest absolute Gasteiger partial charge is 0.230 e. The van der Waals surface area contributed by atoms with Gasteiger partial charge in [-0.25, -0.2) is 4.68 Å². The van der Waals surface area contributed by atoms with E-state index >= 15 is 0 Å². The number of rotatable bonds is 5. The van der Waals surface area contributed by atoms with E-state index in [0.29, 0.717) is 13.1 Å². The third-order valence-corrected chi connectivity index (χ3v) is 4.85. The maximum Gasteiger partial charge on any atom is 0.230 e. The summed E-state index contributed by atoms with van der Waals surface area (Å²) in [5.41, 5.74) is 2.23. The van der Waals surface area contributed by atoms with Gasteiger partial charge in [0.1, 0.15) is 5.82 Å². The number of hydrogen-bond donors (Lipinski definition) is 2. The quantitative estimate of drug-likeness (QED) is 0.733. The SMILES string of the molecule is Cn1cc([C@H]2CNC[C@@H]2C(=O)Nc2ccnn2Cc2ccccc2)cn1. The van der Waals surface area contributed by atoms with Crippen LogP contribution in [0.15, 0.2) is 55.0 Å². The third kappa shape index (κ3) is 3.39. The Balaban J connectivity index is 1.47. The average Bonchev–Trinajstić information content (AvgIpc) is 3.37. The lowest BCUT2D eigenvalue weighted by Gasteiger charge is -2.17. The van der Waals surface area contributed by atoms with Crippen molar-refractivity contribution in [2.75, 3.05) is 18.4 Å². The molecule has 2 atom stereocenters. The lowest BCUT2D eigenvalue weighted by atomic mass is 9.90. The number of benzene rings is 1. The molecular formula is C19H22N6O. The molecule has 26 heavy (non-hydrogen) atoms. The van der Waals surface area contributed by atoms with E-state index in [2.05, 4.69) is 20.8 Å². The Labute approximate surface area is 152 Å². The van der Waals surface area contributed by atoms with Crippen LogP contribution < -0.4 is 10.6 Å². The van der Waals surface area contributed by atoms with Crippen LogP contribution in [-0.4, -0.2) is 38.6 Å². The Morgan fingerprint density at radius 2 is 2.08 bits per heavy atom.